The lowest BCUT2D eigenvalue weighted by Crippen LogP contribution is -2.41. The summed E-state index contributed by atoms with van der Waals surface area (Å²) in [5.74, 6) is -1.04. The quantitative estimate of drug-likeness (QED) is 0.402. The fourth-order valence-electron chi connectivity index (χ4n) is 4.32. The molecule has 0 saturated heterocycles. The van der Waals surface area contributed by atoms with E-state index >= 15 is 0 Å². The molecule has 7 nitrogen and oxygen atoms in total. The molecular formula is C26H28N2O5. The third-order valence-corrected chi connectivity index (χ3v) is 6.00. The molecule has 1 heterocycles. The zero-order valence-electron chi connectivity index (χ0n) is 18.2. The molecule has 0 aliphatic heterocycles. The number of hydrogen-bond acceptors (Lipinski definition) is 5. The molecule has 4 atom stereocenters. The zero-order valence-corrected chi connectivity index (χ0v) is 18.2. The van der Waals surface area contributed by atoms with E-state index in [1.807, 2.05) is 54.6 Å². The van der Waals surface area contributed by atoms with Crippen molar-refractivity contribution in [3.8, 4) is 0 Å². The number of aliphatic hydroxyl groups is 2. The maximum atomic E-state index is 13.3. The van der Waals surface area contributed by atoms with Crippen LogP contribution in [0.1, 0.15) is 39.7 Å². The van der Waals surface area contributed by atoms with E-state index in [2.05, 4.69) is 10.6 Å². The molecule has 0 radical (unpaired) electrons. The molecule has 0 spiro atoms. The van der Waals surface area contributed by atoms with Crippen LogP contribution in [0.4, 0.5) is 0 Å². The van der Waals surface area contributed by atoms with Gasteiger partial charge in [-0.1, -0.05) is 54.6 Å². The Bertz CT molecular complexity index is 1070. The maximum absolute atomic E-state index is 13.3. The number of rotatable bonds is 9. The molecule has 2 aromatic carbocycles. The summed E-state index contributed by atoms with van der Waals surface area (Å²) in [5, 5.41) is 26.7. The second kappa shape index (κ2) is 10.5. The Labute approximate surface area is 192 Å². The van der Waals surface area contributed by atoms with Crippen LogP contribution in [0.2, 0.25) is 0 Å². The summed E-state index contributed by atoms with van der Waals surface area (Å²) in [6.07, 6.45) is 0.863. The van der Waals surface area contributed by atoms with Gasteiger partial charge in [-0.15, -0.1) is 0 Å². The highest BCUT2D eigenvalue weighted by Gasteiger charge is 2.34. The highest BCUT2D eigenvalue weighted by atomic mass is 16.3. The first kappa shape index (κ1) is 22.8. The van der Waals surface area contributed by atoms with E-state index in [1.165, 1.54) is 12.3 Å². The summed E-state index contributed by atoms with van der Waals surface area (Å²) in [5.41, 5.74) is 2.91. The lowest BCUT2D eigenvalue weighted by molar-refractivity contribution is -0.127. The molecule has 4 rings (SSSR count). The Morgan fingerprint density at radius 3 is 2.55 bits per heavy atom. The molecule has 0 unspecified atom stereocenters. The molecule has 0 saturated carbocycles. The van der Waals surface area contributed by atoms with Gasteiger partial charge in [0.15, 0.2) is 5.76 Å². The minimum Gasteiger partial charge on any atom is -0.459 e. The van der Waals surface area contributed by atoms with Gasteiger partial charge in [0.1, 0.15) is 0 Å². The van der Waals surface area contributed by atoms with Crippen molar-refractivity contribution >= 4 is 11.8 Å². The summed E-state index contributed by atoms with van der Waals surface area (Å²) in [6.45, 7) is -0.00695. The Morgan fingerprint density at radius 2 is 1.79 bits per heavy atom. The smallest absolute Gasteiger partial charge is 0.287 e. The third kappa shape index (κ3) is 5.69. The lowest BCUT2D eigenvalue weighted by atomic mass is 9.92. The fraction of sp³-hybridized carbons (Fsp3) is 0.308. The van der Waals surface area contributed by atoms with Gasteiger partial charge in [0.25, 0.3) is 5.91 Å². The van der Waals surface area contributed by atoms with Crippen molar-refractivity contribution in [1.82, 2.24) is 10.6 Å². The highest BCUT2D eigenvalue weighted by molar-refractivity contribution is 5.91. The monoisotopic (exact) mass is 448 g/mol. The number of amides is 2. The lowest BCUT2D eigenvalue weighted by Gasteiger charge is -2.24. The molecule has 0 fully saturated rings. The van der Waals surface area contributed by atoms with Gasteiger partial charge >= 0.3 is 0 Å². The van der Waals surface area contributed by atoms with Crippen molar-refractivity contribution in [1.29, 1.82) is 0 Å². The van der Waals surface area contributed by atoms with Crippen molar-refractivity contribution in [2.75, 3.05) is 6.54 Å². The van der Waals surface area contributed by atoms with Crippen LogP contribution in [0.25, 0.3) is 0 Å². The number of hydrogen-bond donors (Lipinski definition) is 4. The molecular weight excluding hydrogens is 420 g/mol. The Kier molecular flexibility index (Phi) is 7.22. The average molecular weight is 449 g/mol. The van der Waals surface area contributed by atoms with Crippen LogP contribution < -0.4 is 10.6 Å². The third-order valence-electron chi connectivity index (χ3n) is 6.00. The number of furan rings is 1. The predicted molar refractivity (Wildman–Crippen MR) is 122 cm³/mol. The van der Waals surface area contributed by atoms with Crippen LogP contribution in [0, 0.1) is 5.92 Å². The van der Waals surface area contributed by atoms with E-state index in [-0.39, 0.29) is 24.6 Å². The molecule has 1 aliphatic carbocycles. The minimum atomic E-state index is -0.927. The van der Waals surface area contributed by atoms with Crippen molar-refractivity contribution in [2.24, 2.45) is 5.92 Å². The predicted octanol–water partition coefficient (Wildman–Crippen LogP) is 2.39. The molecule has 1 aliphatic rings. The molecule has 0 bridgehead atoms. The van der Waals surface area contributed by atoms with E-state index in [1.54, 1.807) is 6.07 Å². The van der Waals surface area contributed by atoms with Gasteiger partial charge in [-0.3, -0.25) is 9.59 Å². The number of carbonyl (C=O) groups excluding carboxylic acids is 2. The van der Waals surface area contributed by atoms with Crippen molar-refractivity contribution in [3.05, 3.63) is 95.4 Å². The van der Waals surface area contributed by atoms with Crippen molar-refractivity contribution in [3.63, 3.8) is 0 Å². The summed E-state index contributed by atoms with van der Waals surface area (Å²) >= 11 is 0. The Morgan fingerprint density at radius 1 is 1.03 bits per heavy atom. The summed E-state index contributed by atoms with van der Waals surface area (Å²) in [7, 11) is 0. The maximum Gasteiger partial charge on any atom is 0.287 e. The standard InChI is InChI=1S/C26H28N2O5/c29-20(16-27-26(32)23-11-6-12-33-23)14-19(13-17-7-2-1-3-8-17)25(31)28-24-21-10-5-4-9-18(21)15-22(24)30/h1-12,19-20,22,24,29-30H,13-16H2,(H,27,32)(H,28,31)/t19-,20+,22-,24+/m1/s1. The van der Waals surface area contributed by atoms with Gasteiger partial charge in [0.2, 0.25) is 5.91 Å². The van der Waals surface area contributed by atoms with Gasteiger partial charge in [-0.2, -0.15) is 0 Å². The van der Waals surface area contributed by atoms with Gasteiger partial charge in [-0.05, 0) is 41.7 Å². The number of aliphatic hydroxyl groups excluding tert-OH is 2. The van der Waals surface area contributed by atoms with Gasteiger partial charge < -0.3 is 25.3 Å². The molecule has 1 aromatic heterocycles. The zero-order chi connectivity index (χ0) is 23.2. The Balaban J connectivity index is 1.42. The summed E-state index contributed by atoms with van der Waals surface area (Å²) in [6, 6.07) is 19.9. The van der Waals surface area contributed by atoms with Crippen LogP contribution in [0.5, 0.6) is 0 Å². The average Bonchev–Trinajstić information content (AvgIpc) is 3.46. The van der Waals surface area contributed by atoms with Crippen LogP contribution in [0.3, 0.4) is 0 Å². The van der Waals surface area contributed by atoms with Crippen LogP contribution in [0.15, 0.2) is 77.4 Å². The van der Waals surface area contributed by atoms with Gasteiger partial charge in [0.05, 0.1) is 24.5 Å². The molecule has 2 amide bonds. The highest BCUT2D eigenvalue weighted by Crippen LogP contribution is 2.31. The molecule has 4 N–H and O–H groups in total. The van der Waals surface area contributed by atoms with Crippen LogP contribution >= 0.6 is 0 Å². The van der Waals surface area contributed by atoms with Gasteiger partial charge in [-0.25, -0.2) is 0 Å². The molecule has 33 heavy (non-hydrogen) atoms. The van der Waals surface area contributed by atoms with Crippen molar-refractivity contribution < 1.29 is 24.2 Å². The molecule has 172 valence electrons. The second-order valence-corrected chi connectivity index (χ2v) is 8.42. The largest absolute Gasteiger partial charge is 0.459 e. The van der Waals surface area contributed by atoms with Crippen LogP contribution in [-0.4, -0.2) is 40.8 Å². The minimum absolute atomic E-state index is 0.00695. The van der Waals surface area contributed by atoms with Crippen LogP contribution in [-0.2, 0) is 17.6 Å². The Hall–Kier alpha value is -3.42. The number of nitrogens with one attached hydrogen (secondary N) is 2. The summed E-state index contributed by atoms with van der Waals surface area (Å²) < 4.78 is 5.06. The van der Waals surface area contributed by atoms with E-state index in [0.29, 0.717) is 12.8 Å². The molecule has 7 heteroatoms. The normalized spacial score (nSPS) is 18.8. The second-order valence-electron chi connectivity index (χ2n) is 8.42. The molecule has 3 aromatic rings. The SMILES string of the molecule is O=C(NC[C@@H](O)C[C@@H](Cc1ccccc1)C(=O)N[C@H]1c2ccccc2C[C@H]1O)c1ccco1. The van der Waals surface area contributed by atoms with E-state index in [9.17, 15) is 19.8 Å². The fourth-order valence-corrected chi connectivity index (χ4v) is 4.32. The number of benzene rings is 2. The van der Waals surface area contributed by atoms with Crippen molar-refractivity contribution in [2.45, 2.75) is 37.5 Å². The number of fused-ring (bicyclic) bond motifs is 1. The summed E-state index contributed by atoms with van der Waals surface area (Å²) in [4.78, 5) is 25.4. The first-order valence-electron chi connectivity index (χ1n) is 11.1. The number of carbonyl (C=O) groups is 2. The van der Waals surface area contributed by atoms with E-state index in [0.717, 1.165) is 16.7 Å². The van der Waals surface area contributed by atoms with Gasteiger partial charge in [0, 0.05) is 18.9 Å². The van der Waals surface area contributed by atoms with E-state index < -0.39 is 30.1 Å². The first-order chi connectivity index (χ1) is 16.0. The first-order valence-corrected chi connectivity index (χ1v) is 11.1. The topological polar surface area (TPSA) is 112 Å². The van der Waals surface area contributed by atoms with E-state index in [4.69, 9.17) is 4.42 Å².